The van der Waals surface area contributed by atoms with Crippen molar-refractivity contribution in [1.29, 1.82) is 0 Å². The van der Waals surface area contributed by atoms with Gasteiger partial charge in [-0.05, 0) is 48.8 Å². The summed E-state index contributed by atoms with van der Waals surface area (Å²) in [5, 5.41) is 4.73. The quantitative estimate of drug-likeness (QED) is 0.535. The lowest BCUT2D eigenvalue weighted by molar-refractivity contribution is 0.0601. The number of anilines is 1. The van der Waals surface area contributed by atoms with Crippen LogP contribution in [0.3, 0.4) is 0 Å². The third-order valence-electron chi connectivity index (χ3n) is 5.68. The molecule has 9 heteroatoms. The second-order valence-electron chi connectivity index (χ2n) is 7.57. The van der Waals surface area contributed by atoms with E-state index in [4.69, 9.17) is 26.4 Å². The molecule has 31 heavy (non-hydrogen) atoms. The molecule has 0 saturated carbocycles. The van der Waals surface area contributed by atoms with Gasteiger partial charge in [0.05, 0.1) is 12.7 Å². The average Bonchev–Trinajstić information content (AvgIpc) is 3.36. The average molecular weight is 462 g/mol. The number of esters is 1. The van der Waals surface area contributed by atoms with Gasteiger partial charge in [-0.25, -0.2) is 4.79 Å². The lowest BCUT2D eigenvalue weighted by Gasteiger charge is -2.36. The van der Waals surface area contributed by atoms with Gasteiger partial charge in [-0.2, -0.15) is 0 Å². The summed E-state index contributed by atoms with van der Waals surface area (Å²) in [4.78, 5) is 18.0. The number of carbonyl (C=O) groups is 1. The molecule has 1 fully saturated rings. The van der Waals surface area contributed by atoms with Gasteiger partial charge in [0.1, 0.15) is 5.00 Å². The molecule has 0 spiro atoms. The summed E-state index contributed by atoms with van der Waals surface area (Å²) in [5.41, 5.74) is 2.84. The lowest BCUT2D eigenvalue weighted by Crippen LogP contribution is -2.49. The normalized spacial score (nSPS) is 15.8. The Labute approximate surface area is 191 Å². The first-order valence-corrected chi connectivity index (χ1v) is 11.6. The molecule has 0 radical (unpaired) electrons. The van der Waals surface area contributed by atoms with E-state index in [9.17, 15) is 4.79 Å². The lowest BCUT2D eigenvalue weighted by atomic mass is 10.1. The van der Waals surface area contributed by atoms with Crippen LogP contribution in [-0.2, 0) is 17.7 Å². The minimum Gasteiger partial charge on any atom is -0.465 e. The van der Waals surface area contributed by atoms with E-state index in [1.807, 2.05) is 19.9 Å². The monoisotopic (exact) mass is 461 g/mol. The van der Waals surface area contributed by atoms with Crippen LogP contribution in [0.2, 0.25) is 0 Å². The van der Waals surface area contributed by atoms with Crippen molar-refractivity contribution in [1.82, 2.24) is 9.80 Å². The van der Waals surface area contributed by atoms with Crippen molar-refractivity contribution in [2.75, 3.05) is 45.4 Å². The summed E-state index contributed by atoms with van der Waals surface area (Å²) in [5.74, 6) is 1.31. The summed E-state index contributed by atoms with van der Waals surface area (Å²) < 4.78 is 15.9. The van der Waals surface area contributed by atoms with E-state index >= 15 is 0 Å². The first-order valence-electron chi connectivity index (χ1n) is 10.4. The number of hydrogen-bond acceptors (Lipinski definition) is 7. The van der Waals surface area contributed by atoms with Crippen molar-refractivity contribution < 1.29 is 19.0 Å². The van der Waals surface area contributed by atoms with Gasteiger partial charge in [0, 0.05) is 37.6 Å². The first-order chi connectivity index (χ1) is 15.0. The molecule has 0 aliphatic carbocycles. The Kier molecular flexibility index (Phi) is 6.64. The third kappa shape index (κ3) is 4.63. The second-order valence-corrected chi connectivity index (χ2v) is 9.18. The molecule has 4 rings (SSSR count). The molecular weight excluding hydrogens is 434 g/mol. The fraction of sp³-hybridized carbons (Fsp3) is 0.455. The number of ether oxygens (including phenoxy) is 3. The number of nitrogens with one attached hydrogen (secondary N) is 1. The van der Waals surface area contributed by atoms with E-state index < -0.39 is 0 Å². The predicted octanol–water partition coefficient (Wildman–Crippen LogP) is 3.65. The van der Waals surface area contributed by atoms with Crippen LogP contribution >= 0.6 is 23.6 Å². The Morgan fingerprint density at radius 1 is 1.23 bits per heavy atom. The molecule has 1 aromatic carbocycles. The van der Waals surface area contributed by atoms with Gasteiger partial charge in [-0.15, -0.1) is 11.3 Å². The van der Waals surface area contributed by atoms with Gasteiger partial charge in [-0.3, -0.25) is 4.90 Å². The third-order valence-corrected chi connectivity index (χ3v) is 7.10. The summed E-state index contributed by atoms with van der Waals surface area (Å²) in [6.45, 7) is 8.70. The second kappa shape index (κ2) is 9.42. The SMILES string of the molecule is CCc1c(C)sc(NC(=S)N2CCN(Cc3ccc4c(c3)OCO4)CC2)c1C(=O)OC. The van der Waals surface area contributed by atoms with Crippen LogP contribution < -0.4 is 14.8 Å². The molecule has 0 bridgehead atoms. The number of carbonyl (C=O) groups excluding carboxylic acids is 1. The number of nitrogens with zero attached hydrogens (tertiary/aromatic N) is 2. The number of hydrogen-bond donors (Lipinski definition) is 1. The van der Waals surface area contributed by atoms with Crippen molar-refractivity contribution in [3.05, 3.63) is 39.8 Å². The number of thiocarbonyl (C=S) groups is 1. The minimum atomic E-state index is -0.319. The Balaban J connectivity index is 1.35. The number of methoxy groups -OCH3 is 1. The fourth-order valence-electron chi connectivity index (χ4n) is 3.99. The molecule has 2 aromatic rings. The summed E-state index contributed by atoms with van der Waals surface area (Å²) in [6.07, 6.45) is 0.778. The highest BCUT2D eigenvalue weighted by atomic mass is 32.1. The van der Waals surface area contributed by atoms with Gasteiger partial charge in [0.15, 0.2) is 16.6 Å². The number of rotatable bonds is 5. The van der Waals surface area contributed by atoms with Crippen molar-refractivity contribution in [3.63, 3.8) is 0 Å². The van der Waals surface area contributed by atoms with Gasteiger partial charge < -0.3 is 24.4 Å². The molecule has 166 valence electrons. The molecule has 1 saturated heterocycles. The van der Waals surface area contributed by atoms with Crippen molar-refractivity contribution in [3.8, 4) is 11.5 Å². The molecule has 1 aromatic heterocycles. The van der Waals surface area contributed by atoms with Crippen LogP contribution in [0.25, 0.3) is 0 Å². The highest BCUT2D eigenvalue weighted by Crippen LogP contribution is 2.35. The van der Waals surface area contributed by atoms with Crippen LogP contribution in [0.4, 0.5) is 5.00 Å². The molecule has 1 N–H and O–H groups in total. The summed E-state index contributed by atoms with van der Waals surface area (Å²) >= 11 is 7.23. The maximum Gasteiger partial charge on any atom is 0.341 e. The Hall–Kier alpha value is -2.36. The summed E-state index contributed by atoms with van der Waals surface area (Å²) in [7, 11) is 1.41. The number of fused-ring (bicyclic) bond motifs is 1. The molecule has 0 atom stereocenters. The largest absolute Gasteiger partial charge is 0.465 e. The molecular formula is C22H27N3O4S2. The predicted molar refractivity (Wildman–Crippen MR) is 125 cm³/mol. The van der Waals surface area contributed by atoms with Crippen LogP contribution in [0.1, 0.15) is 33.3 Å². The highest BCUT2D eigenvalue weighted by molar-refractivity contribution is 7.80. The van der Waals surface area contributed by atoms with Crippen LogP contribution in [0, 0.1) is 6.92 Å². The van der Waals surface area contributed by atoms with Crippen molar-refractivity contribution >= 4 is 39.6 Å². The number of thiophene rings is 1. The van der Waals surface area contributed by atoms with E-state index in [0.29, 0.717) is 17.5 Å². The first kappa shape index (κ1) is 21.9. The van der Waals surface area contributed by atoms with Crippen LogP contribution in [-0.4, -0.2) is 61.0 Å². The van der Waals surface area contributed by atoms with E-state index in [0.717, 1.165) is 66.1 Å². The topological polar surface area (TPSA) is 63.3 Å². The van der Waals surface area contributed by atoms with E-state index in [-0.39, 0.29) is 5.97 Å². The Morgan fingerprint density at radius 2 is 1.97 bits per heavy atom. The maximum atomic E-state index is 12.3. The number of benzene rings is 1. The van der Waals surface area contributed by atoms with Crippen molar-refractivity contribution in [2.45, 2.75) is 26.8 Å². The van der Waals surface area contributed by atoms with Crippen molar-refractivity contribution in [2.24, 2.45) is 0 Å². The van der Waals surface area contributed by atoms with E-state index in [1.54, 1.807) is 11.3 Å². The highest BCUT2D eigenvalue weighted by Gasteiger charge is 2.25. The number of aryl methyl sites for hydroxylation is 1. The molecule has 7 nitrogen and oxygen atoms in total. The molecule has 2 aliphatic rings. The smallest absolute Gasteiger partial charge is 0.341 e. The standard InChI is InChI=1S/C22H27N3O4S2/c1-4-16-14(2)31-20(19(16)21(26)27-3)23-22(30)25-9-7-24(8-10-25)12-15-5-6-17-18(11-15)29-13-28-17/h5-6,11H,4,7-10,12-13H2,1-3H3,(H,23,30). The van der Waals surface area contributed by atoms with Gasteiger partial charge in [-0.1, -0.05) is 13.0 Å². The van der Waals surface area contributed by atoms with Crippen LogP contribution in [0.15, 0.2) is 18.2 Å². The molecule has 2 aliphatic heterocycles. The molecule has 0 unspecified atom stereocenters. The number of piperazine rings is 1. The van der Waals surface area contributed by atoms with Gasteiger partial charge in [0.2, 0.25) is 6.79 Å². The van der Waals surface area contributed by atoms with E-state index in [2.05, 4.69) is 27.2 Å². The molecule has 0 amide bonds. The zero-order chi connectivity index (χ0) is 22.0. The van der Waals surface area contributed by atoms with Gasteiger partial charge >= 0.3 is 5.97 Å². The van der Waals surface area contributed by atoms with Gasteiger partial charge in [0.25, 0.3) is 0 Å². The molecule has 3 heterocycles. The Morgan fingerprint density at radius 3 is 2.68 bits per heavy atom. The summed E-state index contributed by atoms with van der Waals surface area (Å²) in [6, 6.07) is 6.12. The maximum absolute atomic E-state index is 12.3. The zero-order valence-corrected chi connectivity index (χ0v) is 19.7. The Bertz CT molecular complexity index is 983. The van der Waals surface area contributed by atoms with Crippen LogP contribution in [0.5, 0.6) is 11.5 Å². The minimum absolute atomic E-state index is 0.295. The zero-order valence-electron chi connectivity index (χ0n) is 18.0. The van der Waals surface area contributed by atoms with E-state index in [1.165, 1.54) is 12.7 Å². The fourth-order valence-corrected chi connectivity index (χ4v) is 5.47.